The molecule has 0 aromatic heterocycles. The standard InChI is InChI=1S/C17H21NO/c1-14(15-8-4-3-5-9-15)18-17-11-7-6-10-16(17)12-13-19-2/h3-11,14,18H,12-13H2,1-2H3. The minimum atomic E-state index is 0.296. The molecule has 1 unspecified atom stereocenters. The molecule has 0 aliphatic heterocycles. The summed E-state index contributed by atoms with van der Waals surface area (Å²) in [5.74, 6) is 0. The van der Waals surface area contributed by atoms with Crippen molar-refractivity contribution in [2.45, 2.75) is 19.4 Å². The number of rotatable bonds is 6. The molecule has 1 atom stereocenters. The maximum atomic E-state index is 5.16. The third-order valence-electron chi connectivity index (χ3n) is 3.26. The Kier molecular flexibility index (Phi) is 4.99. The van der Waals surface area contributed by atoms with E-state index in [4.69, 9.17) is 4.74 Å². The summed E-state index contributed by atoms with van der Waals surface area (Å²) >= 11 is 0. The predicted molar refractivity (Wildman–Crippen MR) is 80.5 cm³/mol. The zero-order chi connectivity index (χ0) is 13.5. The van der Waals surface area contributed by atoms with E-state index in [0.29, 0.717) is 6.04 Å². The molecular weight excluding hydrogens is 234 g/mol. The Balaban J connectivity index is 2.10. The molecule has 19 heavy (non-hydrogen) atoms. The van der Waals surface area contributed by atoms with Crippen molar-refractivity contribution in [1.82, 2.24) is 0 Å². The van der Waals surface area contributed by atoms with Crippen LogP contribution in [0.15, 0.2) is 54.6 Å². The molecule has 0 fully saturated rings. The van der Waals surface area contributed by atoms with Crippen molar-refractivity contribution in [2.24, 2.45) is 0 Å². The van der Waals surface area contributed by atoms with Gasteiger partial charge in [-0.2, -0.15) is 0 Å². The lowest BCUT2D eigenvalue weighted by Gasteiger charge is -2.18. The van der Waals surface area contributed by atoms with E-state index in [9.17, 15) is 0 Å². The highest BCUT2D eigenvalue weighted by atomic mass is 16.5. The topological polar surface area (TPSA) is 21.3 Å². The molecule has 2 aromatic carbocycles. The zero-order valence-corrected chi connectivity index (χ0v) is 11.6. The highest BCUT2D eigenvalue weighted by molar-refractivity contribution is 5.52. The number of para-hydroxylation sites is 1. The summed E-state index contributed by atoms with van der Waals surface area (Å²) in [6.45, 7) is 2.93. The van der Waals surface area contributed by atoms with Crippen LogP contribution in [-0.2, 0) is 11.2 Å². The van der Waals surface area contributed by atoms with E-state index in [2.05, 4.69) is 60.8 Å². The molecule has 0 saturated heterocycles. The third-order valence-corrected chi connectivity index (χ3v) is 3.26. The van der Waals surface area contributed by atoms with Gasteiger partial charge in [0.25, 0.3) is 0 Å². The van der Waals surface area contributed by atoms with Crippen molar-refractivity contribution in [1.29, 1.82) is 0 Å². The molecular formula is C17H21NO. The molecule has 2 nitrogen and oxygen atoms in total. The fraction of sp³-hybridized carbons (Fsp3) is 0.294. The number of nitrogens with one attached hydrogen (secondary N) is 1. The lowest BCUT2D eigenvalue weighted by Crippen LogP contribution is -2.09. The van der Waals surface area contributed by atoms with Gasteiger partial charge < -0.3 is 10.1 Å². The van der Waals surface area contributed by atoms with Crippen LogP contribution >= 0.6 is 0 Å². The van der Waals surface area contributed by atoms with Crippen molar-refractivity contribution in [3.8, 4) is 0 Å². The van der Waals surface area contributed by atoms with Gasteiger partial charge >= 0.3 is 0 Å². The van der Waals surface area contributed by atoms with E-state index in [1.54, 1.807) is 7.11 Å². The molecule has 0 spiro atoms. The normalized spacial score (nSPS) is 12.1. The van der Waals surface area contributed by atoms with Crippen LogP contribution in [0.4, 0.5) is 5.69 Å². The second-order valence-corrected chi connectivity index (χ2v) is 4.68. The molecule has 0 radical (unpaired) electrons. The first kappa shape index (κ1) is 13.6. The van der Waals surface area contributed by atoms with Gasteiger partial charge in [-0.25, -0.2) is 0 Å². The zero-order valence-electron chi connectivity index (χ0n) is 11.6. The van der Waals surface area contributed by atoms with Crippen molar-refractivity contribution < 1.29 is 4.74 Å². The SMILES string of the molecule is COCCc1ccccc1NC(C)c1ccccc1. The van der Waals surface area contributed by atoms with E-state index in [0.717, 1.165) is 13.0 Å². The van der Waals surface area contributed by atoms with Crippen molar-refractivity contribution >= 4 is 5.69 Å². The first-order chi connectivity index (χ1) is 9.31. The Labute approximate surface area is 115 Å². The molecule has 0 aliphatic carbocycles. The molecule has 2 aromatic rings. The quantitative estimate of drug-likeness (QED) is 0.840. The van der Waals surface area contributed by atoms with Gasteiger partial charge in [0.05, 0.1) is 6.61 Å². The second kappa shape index (κ2) is 6.95. The smallest absolute Gasteiger partial charge is 0.0503 e. The average Bonchev–Trinajstić information content (AvgIpc) is 2.47. The van der Waals surface area contributed by atoms with Crippen molar-refractivity contribution in [2.75, 3.05) is 19.0 Å². The Morgan fingerprint density at radius 2 is 1.68 bits per heavy atom. The molecule has 1 N–H and O–H groups in total. The van der Waals surface area contributed by atoms with E-state index in [-0.39, 0.29) is 0 Å². The van der Waals surface area contributed by atoms with Crippen LogP contribution in [0.25, 0.3) is 0 Å². The van der Waals surface area contributed by atoms with Gasteiger partial charge in [-0.15, -0.1) is 0 Å². The van der Waals surface area contributed by atoms with Crippen molar-refractivity contribution in [3.63, 3.8) is 0 Å². The highest BCUT2D eigenvalue weighted by Gasteiger charge is 2.07. The van der Waals surface area contributed by atoms with Crippen molar-refractivity contribution in [3.05, 3.63) is 65.7 Å². The Bertz CT molecular complexity index is 496. The number of methoxy groups -OCH3 is 1. The summed E-state index contributed by atoms with van der Waals surface area (Å²) < 4.78 is 5.16. The largest absolute Gasteiger partial charge is 0.384 e. The molecule has 100 valence electrons. The summed E-state index contributed by atoms with van der Waals surface area (Å²) in [5.41, 5.74) is 3.78. The summed E-state index contributed by atoms with van der Waals surface area (Å²) in [7, 11) is 1.74. The highest BCUT2D eigenvalue weighted by Crippen LogP contribution is 2.22. The van der Waals surface area contributed by atoms with E-state index < -0.39 is 0 Å². The van der Waals surface area contributed by atoms with Gasteiger partial charge in [-0.1, -0.05) is 48.5 Å². The predicted octanol–water partition coefficient (Wildman–Crippen LogP) is 4.05. The number of benzene rings is 2. The van der Waals surface area contributed by atoms with Crippen LogP contribution in [0.3, 0.4) is 0 Å². The van der Waals surface area contributed by atoms with E-state index in [1.165, 1.54) is 16.8 Å². The van der Waals surface area contributed by atoms with E-state index >= 15 is 0 Å². The molecule has 0 bridgehead atoms. The fourth-order valence-electron chi connectivity index (χ4n) is 2.15. The van der Waals surface area contributed by atoms with Crippen LogP contribution in [0.5, 0.6) is 0 Å². The average molecular weight is 255 g/mol. The Hall–Kier alpha value is -1.80. The minimum absolute atomic E-state index is 0.296. The van der Waals surface area contributed by atoms with Gasteiger partial charge in [-0.3, -0.25) is 0 Å². The van der Waals surface area contributed by atoms with E-state index in [1.807, 2.05) is 6.07 Å². The molecule has 2 heteroatoms. The molecule has 0 heterocycles. The van der Waals surface area contributed by atoms with Gasteiger partial charge in [0.2, 0.25) is 0 Å². The number of hydrogen-bond acceptors (Lipinski definition) is 2. The van der Waals surface area contributed by atoms with Crippen LogP contribution in [0, 0.1) is 0 Å². The van der Waals surface area contributed by atoms with Crippen LogP contribution < -0.4 is 5.32 Å². The van der Waals surface area contributed by atoms with Crippen LogP contribution in [0.2, 0.25) is 0 Å². The lowest BCUT2D eigenvalue weighted by molar-refractivity contribution is 0.202. The number of anilines is 1. The molecule has 0 saturated carbocycles. The summed E-state index contributed by atoms with van der Waals surface area (Å²) in [6, 6.07) is 19.2. The van der Waals surface area contributed by atoms with Gasteiger partial charge in [0, 0.05) is 18.8 Å². The first-order valence-electron chi connectivity index (χ1n) is 6.69. The minimum Gasteiger partial charge on any atom is -0.384 e. The van der Waals surface area contributed by atoms with Crippen LogP contribution in [0.1, 0.15) is 24.1 Å². The van der Waals surface area contributed by atoms with Crippen LogP contribution in [-0.4, -0.2) is 13.7 Å². The Morgan fingerprint density at radius 1 is 1.00 bits per heavy atom. The first-order valence-corrected chi connectivity index (χ1v) is 6.69. The number of ether oxygens (including phenoxy) is 1. The number of hydrogen-bond donors (Lipinski definition) is 1. The maximum absolute atomic E-state index is 5.16. The monoisotopic (exact) mass is 255 g/mol. The van der Waals surface area contributed by atoms with Gasteiger partial charge in [0.15, 0.2) is 0 Å². The fourth-order valence-corrected chi connectivity index (χ4v) is 2.15. The molecule has 2 rings (SSSR count). The molecule has 0 aliphatic rings. The summed E-state index contributed by atoms with van der Waals surface area (Å²) in [6.07, 6.45) is 0.932. The van der Waals surface area contributed by atoms with Gasteiger partial charge in [0.1, 0.15) is 0 Å². The maximum Gasteiger partial charge on any atom is 0.0503 e. The van der Waals surface area contributed by atoms with Gasteiger partial charge in [-0.05, 0) is 30.5 Å². The lowest BCUT2D eigenvalue weighted by atomic mass is 10.1. The molecule has 0 amide bonds. The Morgan fingerprint density at radius 3 is 2.42 bits per heavy atom. The second-order valence-electron chi connectivity index (χ2n) is 4.68. The summed E-state index contributed by atoms with van der Waals surface area (Å²) in [5, 5.41) is 3.58. The summed E-state index contributed by atoms with van der Waals surface area (Å²) in [4.78, 5) is 0. The third kappa shape index (κ3) is 3.83.